The molecule has 2 saturated heterocycles. The maximum absolute atomic E-state index is 5.18. The van der Waals surface area contributed by atoms with Crippen LogP contribution in [0.15, 0.2) is 0 Å². The summed E-state index contributed by atoms with van der Waals surface area (Å²) in [7, 11) is 0. The van der Waals surface area contributed by atoms with Crippen molar-refractivity contribution in [1.82, 2.24) is 10.2 Å². The van der Waals surface area contributed by atoms with Gasteiger partial charge in [-0.05, 0) is 13.0 Å². The molecule has 12 heavy (non-hydrogen) atoms. The minimum absolute atomic E-state index is 0.730. The highest BCUT2D eigenvalue weighted by atomic mass is 16.5. The molecule has 0 spiro atoms. The smallest absolute Gasteiger partial charge is 0.0645 e. The lowest BCUT2D eigenvalue weighted by Gasteiger charge is -2.34. The van der Waals surface area contributed by atoms with Gasteiger partial charge in [-0.1, -0.05) is 6.92 Å². The second-order valence-corrected chi connectivity index (χ2v) is 3.73. The number of ether oxygens (including phenoxy) is 1. The van der Waals surface area contributed by atoms with Gasteiger partial charge in [0.2, 0.25) is 0 Å². The lowest BCUT2D eigenvalue weighted by Crippen LogP contribution is -2.48. The Balaban J connectivity index is 1.73. The Labute approximate surface area is 74.1 Å². The van der Waals surface area contributed by atoms with Crippen molar-refractivity contribution in [3.63, 3.8) is 0 Å². The van der Waals surface area contributed by atoms with Gasteiger partial charge >= 0.3 is 0 Å². The van der Waals surface area contributed by atoms with Crippen molar-refractivity contribution < 1.29 is 4.74 Å². The van der Waals surface area contributed by atoms with Gasteiger partial charge in [0, 0.05) is 19.1 Å². The molecule has 2 heterocycles. The summed E-state index contributed by atoms with van der Waals surface area (Å²) in [5, 5.41) is 3.50. The van der Waals surface area contributed by atoms with Gasteiger partial charge in [0.15, 0.2) is 0 Å². The molecule has 2 aliphatic heterocycles. The van der Waals surface area contributed by atoms with Gasteiger partial charge in [0.25, 0.3) is 0 Å². The Kier molecular flexibility index (Phi) is 2.63. The van der Waals surface area contributed by atoms with Crippen LogP contribution in [0.4, 0.5) is 0 Å². The summed E-state index contributed by atoms with van der Waals surface area (Å²) in [5.74, 6) is 0. The van der Waals surface area contributed by atoms with Crippen LogP contribution in [0.3, 0.4) is 0 Å². The highest BCUT2D eigenvalue weighted by Gasteiger charge is 2.31. The van der Waals surface area contributed by atoms with Crippen LogP contribution in [0.5, 0.6) is 0 Å². The molecular weight excluding hydrogens is 152 g/mol. The van der Waals surface area contributed by atoms with E-state index in [-0.39, 0.29) is 0 Å². The molecule has 1 N–H and O–H groups in total. The van der Waals surface area contributed by atoms with Crippen molar-refractivity contribution in [2.24, 2.45) is 0 Å². The lowest BCUT2D eigenvalue weighted by atomic mass is 10.2. The van der Waals surface area contributed by atoms with Crippen LogP contribution in [0.25, 0.3) is 0 Å². The summed E-state index contributed by atoms with van der Waals surface area (Å²) in [6.45, 7) is 7.67. The number of likely N-dealkylation sites (N-methyl/N-ethyl adjacent to an activating group) is 1. The molecule has 3 nitrogen and oxygen atoms in total. The van der Waals surface area contributed by atoms with E-state index in [4.69, 9.17) is 4.74 Å². The molecule has 0 aromatic heterocycles. The molecule has 2 rings (SSSR count). The average molecular weight is 170 g/mol. The van der Waals surface area contributed by atoms with E-state index in [1.54, 1.807) is 0 Å². The predicted octanol–water partition coefficient (Wildman–Crippen LogP) is 0.0690. The van der Waals surface area contributed by atoms with E-state index in [0.717, 1.165) is 31.8 Å². The van der Waals surface area contributed by atoms with Gasteiger partial charge in [-0.3, -0.25) is 4.90 Å². The normalized spacial score (nSPS) is 32.2. The number of nitrogens with one attached hydrogen (secondary N) is 1. The topological polar surface area (TPSA) is 24.5 Å². The summed E-state index contributed by atoms with van der Waals surface area (Å²) < 4.78 is 5.18. The molecule has 0 saturated carbocycles. The first-order chi connectivity index (χ1) is 5.90. The van der Waals surface area contributed by atoms with Gasteiger partial charge < -0.3 is 10.1 Å². The first kappa shape index (κ1) is 8.48. The quantitative estimate of drug-likeness (QED) is 0.648. The van der Waals surface area contributed by atoms with E-state index in [1.165, 1.54) is 19.5 Å². The molecular formula is C9H18N2O. The zero-order valence-electron chi connectivity index (χ0n) is 7.75. The summed E-state index contributed by atoms with van der Waals surface area (Å²) in [6, 6.07) is 1.46. The van der Waals surface area contributed by atoms with Crippen LogP contribution in [-0.2, 0) is 4.74 Å². The van der Waals surface area contributed by atoms with Crippen LogP contribution < -0.4 is 5.32 Å². The maximum atomic E-state index is 5.18. The highest BCUT2D eigenvalue weighted by molar-refractivity contribution is 4.87. The predicted molar refractivity (Wildman–Crippen MR) is 48.3 cm³/mol. The molecule has 1 atom stereocenters. The number of likely N-dealkylation sites (tertiary alicyclic amines) is 1. The Morgan fingerprint density at radius 3 is 2.92 bits per heavy atom. The van der Waals surface area contributed by atoms with Crippen molar-refractivity contribution >= 4 is 0 Å². The Morgan fingerprint density at radius 2 is 2.33 bits per heavy atom. The standard InChI is InChI=1S/C9H18N2O/c1-2-10-8-3-4-11(5-8)9-6-12-7-9/h8-10H,2-7H2,1H3/t8-/m1/s1. The van der Waals surface area contributed by atoms with E-state index < -0.39 is 0 Å². The van der Waals surface area contributed by atoms with E-state index >= 15 is 0 Å². The monoisotopic (exact) mass is 170 g/mol. The molecule has 0 amide bonds. The molecule has 0 radical (unpaired) electrons. The number of rotatable bonds is 3. The first-order valence-corrected chi connectivity index (χ1v) is 4.95. The van der Waals surface area contributed by atoms with Crippen molar-refractivity contribution in [3.8, 4) is 0 Å². The van der Waals surface area contributed by atoms with Crippen LogP contribution in [0, 0.1) is 0 Å². The van der Waals surface area contributed by atoms with Crippen LogP contribution in [0.2, 0.25) is 0 Å². The SMILES string of the molecule is CCN[C@@H]1CCN(C2COC2)C1. The second-order valence-electron chi connectivity index (χ2n) is 3.73. The Bertz CT molecular complexity index is 147. The Morgan fingerprint density at radius 1 is 1.50 bits per heavy atom. The van der Waals surface area contributed by atoms with E-state index in [1.807, 2.05) is 0 Å². The molecule has 3 heteroatoms. The van der Waals surface area contributed by atoms with Gasteiger partial charge in [-0.2, -0.15) is 0 Å². The van der Waals surface area contributed by atoms with Crippen LogP contribution in [-0.4, -0.2) is 49.8 Å². The Hall–Kier alpha value is -0.120. The molecule has 70 valence electrons. The van der Waals surface area contributed by atoms with Gasteiger partial charge in [0.1, 0.15) is 0 Å². The molecule has 0 aromatic rings. The van der Waals surface area contributed by atoms with Crippen molar-refractivity contribution in [1.29, 1.82) is 0 Å². The zero-order chi connectivity index (χ0) is 8.39. The zero-order valence-corrected chi connectivity index (χ0v) is 7.75. The maximum Gasteiger partial charge on any atom is 0.0645 e. The molecule has 0 aromatic carbocycles. The van der Waals surface area contributed by atoms with Crippen LogP contribution in [0.1, 0.15) is 13.3 Å². The average Bonchev–Trinajstić information content (AvgIpc) is 2.34. The van der Waals surface area contributed by atoms with Crippen molar-refractivity contribution in [2.75, 3.05) is 32.8 Å². The number of hydrogen-bond donors (Lipinski definition) is 1. The third-order valence-corrected chi connectivity index (χ3v) is 2.85. The first-order valence-electron chi connectivity index (χ1n) is 4.95. The molecule has 2 aliphatic rings. The minimum Gasteiger partial charge on any atom is -0.378 e. The summed E-state index contributed by atoms with van der Waals surface area (Å²) in [6.07, 6.45) is 1.31. The van der Waals surface area contributed by atoms with Crippen molar-refractivity contribution in [2.45, 2.75) is 25.4 Å². The lowest BCUT2D eigenvalue weighted by molar-refractivity contribution is -0.0575. The fraction of sp³-hybridized carbons (Fsp3) is 1.00. The molecule has 0 aliphatic carbocycles. The van der Waals surface area contributed by atoms with Crippen LogP contribution >= 0.6 is 0 Å². The van der Waals surface area contributed by atoms with E-state index in [0.29, 0.717) is 0 Å². The largest absolute Gasteiger partial charge is 0.378 e. The van der Waals surface area contributed by atoms with E-state index in [9.17, 15) is 0 Å². The number of nitrogens with zero attached hydrogens (tertiary/aromatic N) is 1. The summed E-state index contributed by atoms with van der Waals surface area (Å²) in [5.41, 5.74) is 0. The molecule has 0 unspecified atom stereocenters. The molecule has 0 bridgehead atoms. The summed E-state index contributed by atoms with van der Waals surface area (Å²) >= 11 is 0. The second kappa shape index (κ2) is 3.73. The van der Waals surface area contributed by atoms with Gasteiger partial charge in [-0.25, -0.2) is 0 Å². The molecule has 2 fully saturated rings. The fourth-order valence-corrected chi connectivity index (χ4v) is 2.01. The minimum atomic E-state index is 0.730. The number of hydrogen-bond acceptors (Lipinski definition) is 3. The third kappa shape index (κ3) is 1.63. The fourth-order valence-electron chi connectivity index (χ4n) is 2.01. The van der Waals surface area contributed by atoms with E-state index in [2.05, 4.69) is 17.1 Å². The highest BCUT2D eigenvalue weighted by Crippen LogP contribution is 2.17. The summed E-state index contributed by atoms with van der Waals surface area (Å²) in [4.78, 5) is 2.55. The van der Waals surface area contributed by atoms with Gasteiger partial charge in [0.05, 0.1) is 19.3 Å². The van der Waals surface area contributed by atoms with Gasteiger partial charge in [-0.15, -0.1) is 0 Å². The van der Waals surface area contributed by atoms with Crippen molar-refractivity contribution in [3.05, 3.63) is 0 Å². The third-order valence-electron chi connectivity index (χ3n) is 2.85.